The average molecular weight is 271 g/mol. The lowest BCUT2D eigenvalue weighted by Gasteiger charge is -2.18. The van der Waals surface area contributed by atoms with Crippen molar-refractivity contribution in [2.75, 3.05) is 11.9 Å². The van der Waals surface area contributed by atoms with Gasteiger partial charge in [0.2, 0.25) is 0 Å². The van der Waals surface area contributed by atoms with Gasteiger partial charge in [-0.1, -0.05) is 35.0 Å². The normalized spacial score (nSPS) is 11.4. The molecule has 1 aromatic heterocycles. The number of oxime groups is 1. The summed E-state index contributed by atoms with van der Waals surface area (Å²) >= 11 is 0. The minimum atomic E-state index is -0.0506. The van der Waals surface area contributed by atoms with Crippen LogP contribution in [-0.2, 0) is 6.54 Å². The van der Waals surface area contributed by atoms with Crippen LogP contribution in [0, 0.1) is 6.92 Å². The highest BCUT2D eigenvalue weighted by Crippen LogP contribution is 2.12. The molecule has 1 aromatic carbocycles. The van der Waals surface area contributed by atoms with E-state index >= 15 is 0 Å². The maximum atomic E-state index is 8.57. The summed E-state index contributed by atoms with van der Waals surface area (Å²) < 4.78 is 0. The zero-order valence-electron chi connectivity index (χ0n) is 11.5. The number of anilines is 1. The molecule has 20 heavy (non-hydrogen) atoms. The zero-order valence-corrected chi connectivity index (χ0v) is 11.5. The maximum Gasteiger partial charge on any atom is 0.190 e. The standard InChI is InChI=1S/C14H17N5O/c1-10-4-3-5-11(6-10)9-19(2)13-8-16-12(7-17-13)14(15)18-20/h3-8,20H,9H2,1-2H3,(H2,15,18). The minimum absolute atomic E-state index is 0.0506. The molecule has 0 aliphatic heterocycles. The molecule has 0 atom stereocenters. The van der Waals surface area contributed by atoms with Gasteiger partial charge < -0.3 is 15.8 Å². The van der Waals surface area contributed by atoms with Crippen LogP contribution >= 0.6 is 0 Å². The molecule has 0 saturated heterocycles. The molecule has 0 fully saturated rings. The van der Waals surface area contributed by atoms with E-state index < -0.39 is 0 Å². The number of amidine groups is 1. The molecule has 0 aliphatic carbocycles. The van der Waals surface area contributed by atoms with E-state index in [2.05, 4.69) is 40.2 Å². The molecule has 0 unspecified atom stereocenters. The van der Waals surface area contributed by atoms with Gasteiger partial charge in [-0.2, -0.15) is 0 Å². The van der Waals surface area contributed by atoms with Crippen molar-refractivity contribution in [3.05, 3.63) is 53.5 Å². The van der Waals surface area contributed by atoms with Crippen molar-refractivity contribution in [2.24, 2.45) is 10.9 Å². The quantitative estimate of drug-likeness (QED) is 0.381. The van der Waals surface area contributed by atoms with Gasteiger partial charge in [0, 0.05) is 13.6 Å². The van der Waals surface area contributed by atoms with Gasteiger partial charge in [-0.25, -0.2) is 9.97 Å². The second-order valence-corrected chi connectivity index (χ2v) is 4.59. The van der Waals surface area contributed by atoms with Crippen LogP contribution < -0.4 is 10.6 Å². The van der Waals surface area contributed by atoms with Crippen molar-refractivity contribution in [1.82, 2.24) is 9.97 Å². The van der Waals surface area contributed by atoms with Crippen LogP contribution in [-0.4, -0.2) is 28.1 Å². The molecular weight excluding hydrogens is 254 g/mol. The fraction of sp³-hybridized carbons (Fsp3) is 0.214. The van der Waals surface area contributed by atoms with E-state index in [0.29, 0.717) is 5.69 Å². The van der Waals surface area contributed by atoms with Gasteiger partial charge in [0.05, 0.1) is 12.4 Å². The number of aromatic nitrogens is 2. The highest BCUT2D eigenvalue weighted by Gasteiger charge is 2.06. The van der Waals surface area contributed by atoms with Gasteiger partial charge in [0.25, 0.3) is 0 Å². The van der Waals surface area contributed by atoms with Crippen molar-refractivity contribution >= 4 is 11.7 Å². The molecule has 0 amide bonds. The number of hydrogen-bond acceptors (Lipinski definition) is 5. The Labute approximate surface area is 117 Å². The van der Waals surface area contributed by atoms with Crippen LogP contribution in [0.25, 0.3) is 0 Å². The molecular formula is C14H17N5O. The number of aryl methyl sites for hydroxylation is 1. The molecule has 2 aromatic rings. The number of hydrogen-bond donors (Lipinski definition) is 2. The Bertz CT molecular complexity index is 609. The third-order valence-corrected chi connectivity index (χ3v) is 2.90. The zero-order chi connectivity index (χ0) is 14.5. The third kappa shape index (κ3) is 3.23. The first-order valence-corrected chi connectivity index (χ1v) is 6.17. The highest BCUT2D eigenvalue weighted by atomic mass is 16.4. The molecule has 2 rings (SSSR count). The first-order valence-electron chi connectivity index (χ1n) is 6.17. The predicted molar refractivity (Wildman–Crippen MR) is 77.8 cm³/mol. The first kappa shape index (κ1) is 13.8. The summed E-state index contributed by atoms with van der Waals surface area (Å²) in [5.41, 5.74) is 8.22. The number of benzene rings is 1. The van der Waals surface area contributed by atoms with Gasteiger partial charge in [0.1, 0.15) is 11.5 Å². The summed E-state index contributed by atoms with van der Waals surface area (Å²) in [6.45, 7) is 2.80. The van der Waals surface area contributed by atoms with Gasteiger partial charge >= 0.3 is 0 Å². The largest absolute Gasteiger partial charge is 0.409 e. The van der Waals surface area contributed by atoms with Gasteiger partial charge in [-0.3, -0.25) is 0 Å². The molecule has 0 aliphatic rings. The summed E-state index contributed by atoms with van der Waals surface area (Å²) in [4.78, 5) is 10.4. The second-order valence-electron chi connectivity index (χ2n) is 4.59. The van der Waals surface area contributed by atoms with E-state index in [-0.39, 0.29) is 5.84 Å². The van der Waals surface area contributed by atoms with Crippen LogP contribution in [0.5, 0.6) is 0 Å². The SMILES string of the molecule is Cc1cccc(CN(C)c2cnc(C(N)=NO)cn2)c1. The van der Waals surface area contributed by atoms with Crippen LogP contribution in [0.1, 0.15) is 16.8 Å². The second kappa shape index (κ2) is 6.01. The monoisotopic (exact) mass is 271 g/mol. The van der Waals surface area contributed by atoms with Crippen LogP contribution in [0.4, 0.5) is 5.82 Å². The van der Waals surface area contributed by atoms with Crippen LogP contribution in [0.3, 0.4) is 0 Å². The van der Waals surface area contributed by atoms with Crippen molar-refractivity contribution in [1.29, 1.82) is 0 Å². The summed E-state index contributed by atoms with van der Waals surface area (Å²) in [5, 5.41) is 11.5. The molecule has 0 spiro atoms. The van der Waals surface area contributed by atoms with E-state index in [9.17, 15) is 0 Å². The molecule has 104 valence electrons. The van der Waals surface area contributed by atoms with Crippen molar-refractivity contribution < 1.29 is 5.21 Å². The Morgan fingerprint density at radius 1 is 1.35 bits per heavy atom. The topological polar surface area (TPSA) is 87.6 Å². The van der Waals surface area contributed by atoms with Crippen LogP contribution in [0.15, 0.2) is 41.8 Å². The number of nitrogens with two attached hydrogens (primary N) is 1. The summed E-state index contributed by atoms with van der Waals surface area (Å²) in [7, 11) is 1.94. The number of rotatable bonds is 4. The van der Waals surface area contributed by atoms with E-state index in [1.54, 1.807) is 6.20 Å². The molecule has 0 bridgehead atoms. The van der Waals surface area contributed by atoms with E-state index in [1.807, 2.05) is 18.0 Å². The van der Waals surface area contributed by atoms with Gasteiger partial charge in [-0.15, -0.1) is 0 Å². The maximum absolute atomic E-state index is 8.57. The Kier molecular flexibility index (Phi) is 4.14. The molecule has 1 heterocycles. The lowest BCUT2D eigenvalue weighted by Crippen LogP contribution is -2.20. The predicted octanol–water partition coefficient (Wildman–Crippen LogP) is 1.52. The fourth-order valence-electron chi connectivity index (χ4n) is 1.87. The van der Waals surface area contributed by atoms with Crippen LogP contribution in [0.2, 0.25) is 0 Å². The summed E-state index contributed by atoms with van der Waals surface area (Å²) in [5.74, 6) is 0.673. The minimum Gasteiger partial charge on any atom is -0.409 e. The Balaban J connectivity index is 2.11. The van der Waals surface area contributed by atoms with E-state index in [1.165, 1.54) is 17.3 Å². The third-order valence-electron chi connectivity index (χ3n) is 2.90. The lowest BCUT2D eigenvalue weighted by atomic mass is 10.1. The molecule has 0 saturated carbocycles. The summed E-state index contributed by atoms with van der Waals surface area (Å²) in [6, 6.07) is 8.30. The molecule has 6 nitrogen and oxygen atoms in total. The number of nitrogens with zero attached hydrogens (tertiary/aromatic N) is 4. The Hall–Kier alpha value is -2.63. The van der Waals surface area contributed by atoms with E-state index in [0.717, 1.165) is 12.4 Å². The average Bonchev–Trinajstić information content (AvgIpc) is 2.46. The Morgan fingerprint density at radius 2 is 2.15 bits per heavy atom. The van der Waals surface area contributed by atoms with Crippen molar-refractivity contribution in [3.63, 3.8) is 0 Å². The molecule has 6 heteroatoms. The van der Waals surface area contributed by atoms with Gasteiger partial charge in [-0.05, 0) is 12.5 Å². The summed E-state index contributed by atoms with van der Waals surface area (Å²) in [6.07, 6.45) is 3.08. The highest BCUT2D eigenvalue weighted by molar-refractivity contribution is 5.94. The fourth-order valence-corrected chi connectivity index (χ4v) is 1.87. The van der Waals surface area contributed by atoms with Crippen molar-refractivity contribution in [3.8, 4) is 0 Å². The lowest BCUT2D eigenvalue weighted by molar-refractivity contribution is 0.318. The van der Waals surface area contributed by atoms with Gasteiger partial charge in [0.15, 0.2) is 5.84 Å². The van der Waals surface area contributed by atoms with Crippen molar-refractivity contribution in [2.45, 2.75) is 13.5 Å². The smallest absolute Gasteiger partial charge is 0.190 e. The Morgan fingerprint density at radius 3 is 2.75 bits per heavy atom. The first-order chi connectivity index (χ1) is 9.60. The van der Waals surface area contributed by atoms with E-state index in [4.69, 9.17) is 10.9 Å². The molecule has 0 radical (unpaired) electrons. The molecule has 3 N–H and O–H groups in total.